The molecule has 34 heavy (non-hydrogen) atoms. The molecule has 0 saturated carbocycles. The van der Waals surface area contributed by atoms with E-state index in [9.17, 15) is 15.0 Å². The first-order valence-corrected chi connectivity index (χ1v) is 11.0. The summed E-state index contributed by atoms with van der Waals surface area (Å²) in [6.45, 7) is 11.7. The Bertz CT molecular complexity index is 1170. The van der Waals surface area contributed by atoms with Gasteiger partial charge >= 0.3 is 65.1 Å². The van der Waals surface area contributed by atoms with Crippen LogP contribution in [-0.4, -0.2) is 5.97 Å². The molecule has 0 radical (unpaired) electrons. The van der Waals surface area contributed by atoms with Gasteiger partial charge in [0.2, 0.25) is 0 Å². The summed E-state index contributed by atoms with van der Waals surface area (Å²) in [7, 11) is 0. The van der Waals surface area contributed by atoms with E-state index >= 15 is 0 Å². The number of hydrogen-bond donors (Lipinski definition) is 0. The maximum atomic E-state index is 13.1. The third kappa shape index (κ3) is 4.61. The van der Waals surface area contributed by atoms with Crippen LogP contribution in [0.1, 0.15) is 88.8 Å². The quantitative estimate of drug-likeness (QED) is 0.366. The normalized spacial score (nSPS) is 13.8. The second-order valence-corrected chi connectivity index (χ2v) is 9.34. The van der Waals surface area contributed by atoms with Gasteiger partial charge in [0.15, 0.2) is 5.60 Å². The summed E-state index contributed by atoms with van der Waals surface area (Å²) in [5.74, 6) is -0.425. The number of aryl methyl sites for hydroxylation is 2. The van der Waals surface area contributed by atoms with Crippen LogP contribution in [0, 0.1) is 13.8 Å². The second kappa shape index (κ2) is 10.8. The van der Waals surface area contributed by atoms with Crippen molar-refractivity contribution >= 4 is 5.97 Å². The molecule has 1 aliphatic rings. The smallest absolute Gasteiger partial charge is 0.872 e. The monoisotopic (exact) mass is 474 g/mol. The van der Waals surface area contributed by atoms with Crippen molar-refractivity contribution in [2.75, 3.05) is 0 Å². The first kappa shape index (κ1) is 29.0. The van der Waals surface area contributed by atoms with E-state index in [-0.39, 0.29) is 82.4 Å². The zero-order valence-electron chi connectivity index (χ0n) is 21.4. The van der Waals surface area contributed by atoms with Gasteiger partial charge < -0.3 is 14.9 Å². The summed E-state index contributed by atoms with van der Waals surface area (Å²) in [4.78, 5) is 13.1. The molecule has 0 N–H and O–H groups in total. The molecule has 6 heteroatoms. The van der Waals surface area contributed by atoms with Gasteiger partial charge in [-0.15, -0.1) is 11.5 Å². The van der Waals surface area contributed by atoms with Crippen LogP contribution < -0.4 is 69.3 Å². The molecule has 0 aliphatic carbocycles. The summed E-state index contributed by atoms with van der Waals surface area (Å²) in [6, 6.07) is 14.4. The predicted octanol–water partition coefficient (Wildman–Crippen LogP) is -0.832. The average Bonchev–Trinajstić information content (AvgIpc) is 3.01. The fourth-order valence-electron chi connectivity index (χ4n) is 4.82. The van der Waals surface area contributed by atoms with Crippen LogP contribution in [-0.2, 0) is 10.3 Å². The van der Waals surface area contributed by atoms with Crippen LogP contribution in [0.4, 0.5) is 0 Å². The van der Waals surface area contributed by atoms with Crippen LogP contribution >= 0.6 is 0 Å². The third-order valence-corrected chi connectivity index (χ3v) is 6.49. The number of ether oxygens (including phenoxy) is 1. The van der Waals surface area contributed by atoms with E-state index in [1.165, 1.54) is 0 Å². The minimum Gasteiger partial charge on any atom is -0.872 e. The van der Waals surface area contributed by atoms with Gasteiger partial charge in [0, 0.05) is 16.7 Å². The summed E-state index contributed by atoms with van der Waals surface area (Å²) in [5.41, 5.74) is 4.38. The molecule has 3 aromatic carbocycles. The number of fused-ring (bicyclic) bond motifs is 1. The second-order valence-electron chi connectivity index (χ2n) is 9.34. The Hall–Kier alpha value is -1.27. The van der Waals surface area contributed by atoms with Gasteiger partial charge in [-0.3, -0.25) is 0 Å². The van der Waals surface area contributed by atoms with E-state index in [0.29, 0.717) is 16.7 Å². The first-order valence-electron chi connectivity index (χ1n) is 11.0. The molecule has 0 spiro atoms. The minimum absolute atomic E-state index is 0. The van der Waals surface area contributed by atoms with Crippen molar-refractivity contribution in [3.8, 4) is 11.5 Å². The molecule has 166 valence electrons. The average molecular weight is 475 g/mol. The van der Waals surface area contributed by atoms with E-state index in [1.807, 2.05) is 71.9 Å². The van der Waals surface area contributed by atoms with E-state index in [2.05, 4.69) is 0 Å². The topological polar surface area (TPSA) is 72.4 Å². The molecular weight excluding hydrogens is 446 g/mol. The Balaban J connectivity index is 0.00000204. The Morgan fingerprint density at radius 3 is 1.62 bits per heavy atom. The Labute approximate surface area is 246 Å². The van der Waals surface area contributed by atoms with E-state index in [1.54, 1.807) is 18.2 Å². The fraction of sp³-hybridized carbons (Fsp3) is 0.321. The molecule has 0 amide bonds. The predicted molar refractivity (Wildman–Crippen MR) is 121 cm³/mol. The minimum atomic E-state index is -1.23. The molecule has 4 rings (SSSR count). The van der Waals surface area contributed by atoms with Crippen molar-refractivity contribution in [2.24, 2.45) is 0 Å². The Morgan fingerprint density at radius 2 is 1.18 bits per heavy atom. The van der Waals surface area contributed by atoms with Gasteiger partial charge in [0.1, 0.15) is 0 Å². The fourth-order valence-corrected chi connectivity index (χ4v) is 4.82. The van der Waals surface area contributed by atoms with E-state index < -0.39 is 11.6 Å². The Kier molecular flexibility index (Phi) is 9.18. The van der Waals surface area contributed by atoms with Crippen molar-refractivity contribution in [3.05, 3.63) is 93.0 Å². The Morgan fingerprint density at radius 1 is 0.735 bits per heavy atom. The molecule has 0 atom stereocenters. The number of cyclic esters (lactones) is 1. The van der Waals surface area contributed by atoms with Gasteiger partial charge in [0.05, 0.1) is 5.56 Å². The SMILES string of the molecule is Cc1cc([O-])c(C(C)C)cc1C1(c2cc(C(C)C)c([O-])cc2C)OC(=O)c2ccccc21.[Na+].[Na+]. The summed E-state index contributed by atoms with van der Waals surface area (Å²) in [5, 5.41) is 25.4. The van der Waals surface area contributed by atoms with Crippen molar-refractivity contribution in [3.63, 3.8) is 0 Å². The number of carbonyl (C=O) groups is 1. The summed E-state index contributed by atoms with van der Waals surface area (Å²) < 4.78 is 6.26. The first-order chi connectivity index (χ1) is 15.1. The maximum Gasteiger partial charge on any atom is 1.00 e. The van der Waals surface area contributed by atoms with Crippen molar-refractivity contribution in [1.82, 2.24) is 0 Å². The molecule has 0 aromatic heterocycles. The molecule has 0 fully saturated rings. The van der Waals surface area contributed by atoms with Crippen LogP contribution in [0.15, 0.2) is 48.5 Å². The maximum absolute atomic E-state index is 13.1. The number of carbonyl (C=O) groups excluding carboxylic acids is 1. The van der Waals surface area contributed by atoms with E-state index in [0.717, 1.165) is 27.8 Å². The standard InChI is InChI=1S/C28H30O4.2Na/c1-15(2)20-13-23(17(5)11-25(20)29)28(22-10-8-7-9-19(22)27(31)32-28)24-14-21(16(3)4)26(30)12-18(24)6;;/h7-16,29-30H,1-6H3;;/q;2*+1/p-2. The van der Waals surface area contributed by atoms with Crippen molar-refractivity contribution < 1.29 is 78.9 Å². The zero-order chi connectivity index (χ0) is 23.4. The van der Waals surface area contributed by atoms with Gasteiger partial charge in [-0.05, 0) is 42.9 Å². The molecular formula is C28H28Na2O4. The van der Waals surface area contributed by atoms with Crippen LogP contribution in [0.3, 0.4) is 0 Å². The largest absolute Gasteiger partial charge is 1.00 e. The summed E-state index contributed by atoms with van der Waals surface area (Å²) in [6.07, 6.45) is 0. The molecule has 4 nitrogen and oxygen atoms in total. The third-order valence-electron chi connectivity index (χ3n) is 6.49. The summed E-state index contributed by atoms with van der Waals surface area (Å²) >= 11 is 0. The van der Waals surface area contributed by atoms with Gasteiger partial charge in [-0.25, -0.2) is 4.79 Å². The van der Waals surface area contributed by atoms with Gasteiger partial charge in [0.25, 0.3) is 0 Å². The number of hydrogen-bond acceptors (Lipinski definition) is 4. The zero-order valence-corrected chi connectivity index (χ0v) is 25.4. The van der Waals surface area contributed by atoms with Crippen LogP contribution in [0.2, 0.25) is 0 Å². The van der Waals surface area contributed by atoms with E-state index in [4.69, 9.17) is 4.74 Å². The molecule has 0 unspecified atom stereocenters. The number of esters is 1. The molecule has 1 aliphatic heterocycles. The van der Waals surface area contributed by atoms with Crippen LogP contribution in [0.25, 0.3) is 0 Å². The number of rotatable bonds is 4. The molecule has 0 bridgehead atoms. The van der Waals surface area contributed by atoms with Gasteiger partial charge in [-0.1, -0.05) is 81.3 Å². The molecule has 1 heterocycles. The molecule has 0 saturated heterocycles. The van der Waals surface area contributed by atoms with Crippen molar-refractivity contribution in [2.45, 2.75) is 59.0 Å². The molecule has 3 aromatic rings. The van der Waals surface area contributed by atoms with Gasteiger partial charge in [-0.2, -0.15) is 0 Å². The number of benzene rings is 3. The van der Waals surface area contributed by atoms with Crippen molar-refractivity contribution in [1.29, 1.82) is 0 Å². The van der Waals surface area contributed by atoms with Crippen LogP contribution in [0.5, 0.6) is 11.5 Å².